The predicted octanol–water partition coefficient (Wildman–Crippen LogP) is 2.31. The molecule has 102 valence electrons. The molecule has 0 unspecified atom stereocenters. The number of rotatable bonds is 4. The number of nitrogens with one attached hydrogen (secondary N) is 1. The van der Waals surface area contributed by atoms with Crippen molar-refractivity contribution >= 4 is 10.0 Å². The molecule has 0 aromatic heterocycles. The summed E-state index contributed by atoms with van der Waals surface area (Å²) < 4.78 is 27.0. The molecule has 0 heterocycles. The van der Waals surface area contributed by atoms with Crippen molar-refractivity contribution in [1.29, 1.82) is 5.26 Å². The molecule has 1 N–H and O–H groups in total. The number of nitrogens with zero attached hydrogens (tertiary/aromatic N) is 1. The van der Waals surface area contributed by atoms with E-state index in [0.717, 1.165) is 25.7 Å². The minimum Gasteiger partial charge on any atom is -0.212 e. The van der Waals surface area contributed by atoms with Crippen LogP contribution in [0.4, 0.5) is 0 Å². The van der Waals surface area contributed by atoms with Crippen LogP contribution in [0.1, 0.15) is 43.2 Å². The summed E-state index contributed by atoms with van der Waals surface area (Å²) in [6, 6.07) is 8.93. The third-order valence-corrected chi connectivity index (χ3v) is 4.82. The zero-order chi connectivity index (χ0) is 13.7. The Bertz CT molecular complexity index is 569. The second-order valence-electron chi connectivity index (χ2n) is 4.98. The van der Waals surface area contributed by atoms with Gasteiger partial charge < -0.3 is 0 Å². The maximum absolute atomic E-state index is 12.1. The minimum absolute atomic E-state index is 0.0630. The van der Waals surface area contributed by atoms with E-state index in [2.05, 4.69) is 4.72 Å². The highest BCUT2D eigenvalue weighted by Gasteiger charge is 2.21. The molecule has 1 aromatic carbocycles. The van der Waals surface area contributed by atoms with E-state index < -0.39 is 10.0 Å². The Hall–Kier alpha value is -1.38. The molecule has 1 aromatic rings. The van der Waals surface area contributed by atoms with Crippen LogP contribution in [0, 0.1) is 11.3 Å². The zero-order valence-electron chi connectivity index (χ0n) is 10.8. The third-order valence-electron chi connectivity index (χ3n) is 3.43. The van der Waals surface area contributed by atoms with Gasteiger partial charge in [-0.25, -0.2) is 13.1 Å². The van der Waals surface area contributed by atoms with Gasteiger partial charge in [0.25, 0.3) is 0 Å². The van der Waals surface area contributed by atoms with E-state index in [-0.39, 0.29) is 11.8 Å². The van der Waals surface area contributed by atoms with Gasteiger partial charge in [0, 0.05) is 6.04 Å². The van der Waals surface area contributed by atoms with Gasteiger partial charge in [0.1, 0.15) is 0 Å². The lowest BCUT2D eigenvalue weighted by atomic mass is 9.96. The van der Waals surface area contributed by atoms with Crippen LogP contribution in [-0.4, -0.2) is 14.5 Å². The first-order valence-electron chi connectivity index (χ1n) is 6.59. The van der Waals surface area contributed by atoms with E-state index in [9.17, 15) is 8.42 Å². The first kappa shape index (κ1) is 14.0. The Morgan fingerprint density at radius 3 is 2.58 bits per heavy atom. The largest absolute Gasteiger partial charge is 0.216 e. The molecule has 0 spiro atoms. The predicted molar refractivity (Wildman–Crippen MR) is 73.8 cm³/mol. The summed E-state index contributed by atoms with van der Waals surface area (Å²) in [5.41, 5.74) is 0.991. The van der Waals surface area contributed by atoms with Gasteiger partial charge in [-0.05, 0) is 24.5 Å². The Morgan fingerprint density at radius 2 is 1.89 bits per heavy atom. The number of sulfonamides is 1. The molecule has 0 atom stereocenters. The van der Waals surface area contributed by atoms with Crippen LogP contribution in [0.2, 0.25) is 0 Å². The summed E-state index contributed by atoms with van der Waals surface area (Å²) in [7, 11) is -3.37. The first-order valence-corrected chi connectivity index (χ1v) is 8.24. The van der Waals surface area contributed by atoms with Gasteiger partial charge in [-0.1, -0.05) is 37.5 Å². The summed E-state index contributed by atoms with van der Waals surface area (Å²) >= 11 is 0. The maximum atomic E-state index is 12.1. The van der Waals surface area contributed by atoms with E-state index in [1.54, 1.807) is 24.3 Å². The second-order valence-corrected chi connectivity index (χ2v) is 6.73. The number of hydrogen-bond acceptors (Lipinski definition) is 3. The second kappa shape index (κ2) is 6.18. The van der Waals surface area contributed by atoms with E-state index >= 15 is 0 Å². The number of hydrogen-bond donors (Lipinski definition) is 1. The van der Waals surface area contributed by atoms with Gasteiger partial charge in [-0.2, -0.15) is 5.26 Å². The third kappa shape index (κ3) is 4.05. The van der Waals surface area contributed by atoms with Crippen molar-refractivity contribution in [3.05, 3.63) is 35.4 Å². The van der Waals surface area contributed by atoms with E-state index in [0.29, 0.717) is 11.1 Å². The highest BCUT2D eigenvalue weighted by Crippen LogP contribution is 2.19. The van der Waals surface area contributed by atoms with Crippen LogP contribution in [-0.2, 0) is 15.8 Å². The lowest BCUT2D eigenvalue weighted by Crippen LogP contribution is -2.36. The first-order chi connectivity index (χ1) is 9.11. The molecule has 1 aliphatic carbocycles. The van der Waals surface area contributed by atoms with Crippen LogP contribution in [0.25, 0.3) is 0 Å². The summed E-state index contributed by atoms with van der Waals surface area (Å²) in [5.74, 6) is -0.118. The minimum atomic E-state index is -3.37. The average Bonchev–Trinajstić information content (AvgIpc) is 2.39. The van der Waals surface area contributed by atoms with Gasteiger partial charge in [0.05, 0.1) is 17.4 Å². The standard InChI is InChI=1S/C14H18N2O2S/c15-10-12-6-4-5-7-13(12)11-19(17,18)16-14-8-2-1-3-9-14/h4-7,14,16H,1-3,8-9,11H2. The van der Waals surface area contributed by atoms with Crippen LogP contribution >= 0.6 is 0 Å². The van der Waals surface area contributed by atoms with Crippen molar-refractivity contribution in [2.45, 2.75) is 43.9 Å². The molecule has 2 rings (SSSR count). The van der Waals surface area contributed by atoms with Gasteiger partial charge in [0.2, 0.25) is 10.0 Å². The Labute approximate surface area is 114 Å². The van der Waals surface area contributed by atoms with Crippen molar-refractivity contribution < 1.29 is 8.42 Å². The highest BCUT2D eigenvalue weighted by atomic mass is 32.2. The molecule has 0 aliphatic heterocycles. The Morgan fingerprint density at radius 1 is 1.21 bits per heavy atom. The van der Waals surface area contributed by atoms with Crippen molar-refractivity contribution in [2.24, 2.45) is 0 Å². The van der Waals surface area contributed by atoms with E-state index in [1.165, 1.54) is 6.42 Å². The number of nitriles is 1. The molecule has 4 nitrogen and oxygen atoms in total. The highest BCUT2D eigenvalue weighted by molar-refractivity contribution is 7.88. The fourth-order valence-electron chi connectivity index (χ4n) is 2.48. The summed E-state index contributed by atoms with van der Waals surface area (Å²) in [5, 5.41) is 8.97. The Kier molecular flexibility index (Phi) is 4.56. The molecular formula is C14H18N2O2S. The fraction of sp³-hybridized carbons (Fsp3) is 0.500. The molecule has 0 radical (unpaired) electrons. The van der Waals surface area contributed by atoms with Crippen LogP contribution in [0.5, 0.6) is 0 Å². The fourth-order valence-corrected chi connectivity index (χ4v) is 3.96. The monoisotopic (exact) mass is 278 g/mol. The quantitative estimate of drug-likeness (QED) is 0.918. The van der Waals surface area contributed by atoms with Crippen molar-refractivity contribution in [2.75, 3.05) is 0 Å². The molecular weight excluding hydrogens is 260 g/mol. The zero-order valence-corrected chi connectivity index (χ0v) is 11.6. The summed E-state index contributed by atoms with van der Waals surface area (Å²) in [6.45, 7) is 0. The molecule has 0 saturated heterocycles. The van der Waals surface area contributed by atoms with Crippen molar-refractivity contribution in [1.82, 2.24) is 4.72 Å². The van der Waals surface area contributed by atoms with Crippen molar-refractivity contribution in [3.63, 3.8) is 0 Å². The topological polar surface area (TPSA) is 70.0 Å². The van der Waals surface area contributed by atoms with Crippen LogP contribution in [0.15, 0.2) is 24.3 Å². The molecule has 1 fully saturated rings. The van der Waals surface area contributed by atoms with Crippen LogP contribution in [0.3, 0.4) is 0 Å². The molecule has 1 saturated carbocycles. The van der Waals surface area contributed by atoms with E-state index in [4.69, 9.17) is 5.26 Å². The summed E-state index contributed by atoms with van der Waals surface area (Å²) in [6.07, 6.45) is 5.19. The molecule has 1 aliphatic rings. The molecule has 0 bridgehead atoms. The summed E-state index contributed by atoms with van der Waals surface area (Å²) in [4.78, 5) is 0. The molecule has 5 heteroatoms. The molecule has 19 heavy (non-hydrogen) atoms. The molecule has 0 amide bonds. The average molecular weight is 278 g/mol. The van der Waals surface area contributed by atoms with Crippen LogP contribution < -0.4 is 4.72 Å². The SMILES string of the molecule is N#Cc1ccccc1CS(=O)(=O)NC1CCCCC1. The van der Waals surface area contributed by atoms with Gasteiger partial charge in [-0.3, -0.25) is 0 Å². The number of benzene rings is 1. The van der Waals surface area contributed by atoms with Gasteiger partial charge in [-0.15, -0.1) is 0 Å². The lowest BCUT2D eigenvalue weighted by Gasteiger charge is -2.22. The van der Waals surface area contributed by atoms with E-state index in [1.807, 2.05) is 6.07 Å². The maximum Gasteiger partial charge on any atom is 0.216 e. The smallest absolute Gasteiger partial charge is 0.212 e. The van der Waals surface area contributed by atoms with Crippen molar-refractivity contribution in [3.8, 4) is 6.07 Å². The Balaban J connectivity index is 2.06. The lowest BCUT2D eigenvalue weighted by molar-refractivity contribution is 0.412. The van der Waals surface area contributed by atoms with Gasteiger partial charge in [0.15, 0.2) is 0 Å². The van der Waals surface area contributed by atoms with Gasteiger partial charge >= 0.3 is 0 Å². The normalized spacial score (nSPS) is 17.0.